The van der Waals surface area contributed by atoms with Gasteiger partial charge >= 0.3 is 6.09 Å². The molecule has 0 bridgehead atoms. The van der Waals surface area contributed by atoms with Gasteiger partial charge in [0, 0.05) is 31.5 Å². The first-order valence-electron chi connectivity index (χ1n) is 6.69. The van der Waals surface area contributed by atoms with E-state index in [1.165, 1.54) is 18.6 Å². The maximum absolute atomic E-state index is 12.2. The van der Waals surface area contributed by atoms with E-state index in [9.17, 15) is 9.59 Å². The molecule has 0 saturated carbocycles. The van der Waals surface area contributed by atoms with Crippen LogP contribution in [-0.2, 0) is 4.74 Å². The quantitative estimate of drug-likeness (QED) is 0.885. The molecule has 20 heavy (non-hydrogen) atoms. The number of carbonyl (C=O) groups is 2. The molecule has 1 N–H and O–H groups in total. The molecular formula is C13H18N4O3. The zero-order chi connectivity index (χ0) is 14.4. The van der Waals surface area contributed by atoms with Crippen LogP contribution >= 0.6 is 0 Å². The van der Waals surface area contributed by atoms with Crippen molar-refractivity contribution in [2.75, 3.05) is 19.7 Å². The lowest BCUT2D eigenvalue weighted by atomic mass is 10.1. The molecule has 0 spiro atoms. The van der Waals surface area contributed by atoms with Gasteiger partial charge in [0.05, 0.1) is 12.8 Å². The summed E-state index contributed by atoms with van der Waals surface area (Å²) in [5, 5.41) is 2.77. The number of carbonyl (C=O) groups excluding carboxylic acids is 2. The summed E-state index contributed by atoms with van der Waals surface area (Å²) in [6.45, 7) is 3.22. The minimum absolute atomic E-state index is 0.0802. The van der Waals surface area contributed by atoms with Crippen LogP contribution in [-0.4, -0.2) is 52.6 Å². The van der Waals surface area contributed by atoms with Crippen LogP contribution in [0, 0.1) is 0 Å². The topological polar surface area (TPSA) is 84.4 Å². The first kappa shape index (κ1) is 14.2. The molecule has 0 unspecified atom stereocenters. The van der Waals surface area contributed by atoms with Gasteiger partial charge in [0.2, 0.25) is 0 Å². The Morgan fingerprint density at radius 2 is 2.35 bits per heavy atom. The number of likely N-dealkylation sites (tertiary alicyclic amines) is 1. The van der Waals surface area contributed by atoms with Crippen LogP contribution in [0.5, 0.6) is 0 Å². The first-order chi connectivity index (χ1) is 9.70. The van der Waals surface area contributed by atoms with Gasteiger partial charge in [-0.2, -0.15) is 0 Å². The van der Waals surface area contributed by atoms with Gasteiger partial charge in [0.15, 0.2) is 0 Å². The summed E-state index contributed by atoms with van der Waals surface area (Å²) in [7, 11) is 0. The third-order valence-electron chi connectivity index (χ3n) is 3.09. The van der Waals surface area contributed by atoms with E-state index >= 15 is 0 Å². The van der Waals surface area contributed by atoms with Crippen molar-refractivity contribution in [2.24, 2.45) is 0 Å². The summed E-state index contributed by atoms with van der Waals surface area (Å²) in [6, 6.07) is -0.0802. The maximum Gasteiger partial charge on any atom is 0.407 e. The van der Waals surface area contributed by atoms with Gasteiger partial charge in [-0.3, -0.25) is 9.78 Å². The zero-order valence-corrected chi connectivity index (χ0v) is 11.4. The Kier molecular flexibility index (Phi) is 4.86. The highest BCUT2D eigenvalue weighted by molar-refractivity contribution is 5.92. The molecular weight excluding hydrogens is 260 g/mol. The highest BCUT2D eigenvalue weighted by atomic mass is 16.5. The summed E-state index contributed by atoms with van der Waals surface area (Å²) in [5.41, 5.74) is 0.323. The second kappa shape index (κ2) is 6.83. The fourth-order valence-electron chi connectivity index (χ4n) is 2.19. The van der Waals surface area contributed by atoms with Gasteiger partial charge in [-0.25, -0.2) is 9.78 Å². The van der Waals surface area contributed by atoms with Crippen LogP contribution in [0.15, 0.2) is 18.6 Å². The van der Waals surface area contributed by atoms with E-state index in [1.54, 1.807) is 11.8 Å². The van der Waals surface area contributed by atoms with E-state index in [0.717, 1.165) is 12.8 Å². The number of nitrogens with zero attached hydrogens (tertiary/aromatic N) is 3. The Bertz CT molecular complexity index is 466. The molecule has 1 fully saturated rings. The minimum Gasteiger partial charge on any atom is -0.450 e. The van der Waals surface area contributed by atoms with Gasteiger partial charge in [-0.05, 0) is 19.8 Å². The average Bonchev–Trinajstić information content (AvgIpc) is 2.48. The smallest absolute Gasteiger partial charge is 0.407 e. The molecule has 1 aliphatic rings. The van der Waals surface area contributed by atoms with Crippen molar-refractivity contribution in [3.8, 4) is 0 Å². The summed E-state index contributed by atoms with van der Waals surface area (Å²) in [6.07, 6.45) is 5.70. The Morgan fingerprint density at radius 3 is 3.05 bits per heavy atom. The number of ether oxygens (including phenoxy) is 1. The Labute approximate surface area is 117 Å². The highest BCUT2D eigenvalue weighted by Gasteiger charge is 2.26. The van der Waals surface area contributed by atoms with Gasteiger partial charge in [-0.15, -0.1) is 0 Å². The molecule has 2 rings (SSSR count). The molecule has 2 heterocycles. The molecule has 0 radical (unpaired) electrons. The van der Waals surface area contributed by atoms with Crippen molar-refractivity contribution in [1.82, 2.24) is 20.2 Å². The summed E-state index contributed by atoms with van der Waals surface area (Å²) in [4.78, 5) is 33.2. The average molecular weight is 278 g/mol. The van der Waals surface area contributed by atoms with E-state index in [1.807, 2.05) is 0 Å². The second-order valence-corrected chi connectivity index (χ2v) is 4.55. The number of alkyl carbamates (subject to hydrolysis) is 1. The van der Waals surface area contributed by atoms with Crippen LogP contribution in [0.1, 0.15) is 30.3 Å². The number of nitrogens with one attached hydrogen (secondary N) is 1. The molecule has 1 aromatic heterocycles. The first-order valence-corrected chi connectivity index (χ1v) is 6.69. The standard InChI is InChI=1S/C13H18N4O3/c1-2-20-13(19)16-10-4-3-7-17(9-10)12(18)11-8-14-5-6-15-11/h5-6,8,10H,2-4,7,9H2,1H3,(H,16,19)/t10-/m1/s1. The predicted octanol–water partition coefficient (Wildman–Crippen LogP) is 0.827. The maximum atomic E-state index is 12.2. The number of hydrogen-bond acceptors (Lipinski definition) is 5. The van der Waals surface area contributed by atoms with E-state index < -0.39 is 6.09 Å². The number of piperidine rings is 1. The third-order valence-corrected chi connectivity index (χ3v) is 3.09. The van der Waals surface area contributed by atoms with E-state index in [4.69, 9.17) is 4.74 Å². The molecule has 1 saturated heterocycles. The van der Waals surface area contributed by atoms with E-state index in [-0.39, 0.29) is 11.9 Å². The fraction of sp³-hybridized carbons (Fsp3) is 0.538. The zero-order valence-electron chi connectivity index (χ0n) is 11.4. The molecule has 7 heteroatoms. The molecule has 1 aliphatic heterocycles. The van der Waals surface area contributed by atoms with Crippen LogP contribution < -0.4 is 5.32 Å². The molecule has 1 atom stereocenters. The van der Waals surface area contributed by atoms with Crippen molar-refractivity contribution in [1.29, 1.82) is 0 Å². The normalized spacial score (nSPS) is 18.4. The number of amides is 2. The lowest BCUT2D eigenvalue weighted by Crippen LogP contribution is -2.49. The number of hydrogen-bond donors (Lipinski definition) is 1. The van der Waals surface area contributed by atoms with Crippen molar-refractivity contribution in [3.63, 3.8) is 0 Å². The highest BCUT2D eigenvalue weighted by Crippen LogP contribution is 2.12. The molecule has 0 aliphatic carbocycles. The summed E-state index contributed by atoms with van der Waals surface area (Å²) < 4.78 is 4.85. The Morgan fingerprint density at radius 1 is 1.50 bits per heavy atom. The largest absolute Gasteiger partial charge is 0.450 e. The van der Waals surface area contributed by atoms with Gasteiger partial charge in [0.25, 0.3) is 5.91 Å². The molecule has 7 nitrogen and oxygen atoms in total. The van der Waals surface area contributed by atoms with Crippen LogP contribution in [0.4, 0.5) is 4.79 Å². The van der Waals surface area contributed by atoms with Crippen molar-refractivity contribution < 1.29 is 14.3 Å². The number of rotatable bonds is 3. The van der Waals surface area contributed by atoms with Crippen molar-refractivity contribution in [3.05, 3.63) is 24.3 Å². The van der Waals surface area contributed by atoms with Crippen LogP contribution in [0.25, 0.3) is 0 Å². The predicted molar refractivity (Wildman–Crippen MR) is 71.1 cm³/mol. The van der Waals surface area contributed by atoms with Gasteiger partial charge in [0.1, 0.15) is 5.69 Å². The summed E-state index contributed by atoms with van der Waals surface area (Å²) in [5.74, 6) is -0.159. The molecule has 2 amide bonds. The lowest BCUT2D eigenvalue weighted by Gasteiger charge is -2.32. The van der Waals surface area contributed by atoms with Crippen molar-refractivity contribution >= 4 is 12.0 Å². The SMILES string of the molecule is CCOC(=O)N[C@@H]1CCCN(C(=O)c2cnccn2)C1. The van der Waals surface area contributed by atoms with Crippen LogP contribution in [0.2, 0.25) is 0 Å². The molecule has 108 valence electrons. The number of aromatic nitrogens is 2. The molecule has 1 aromatic rings. The van der Waals surface area contributed by atoms with Crippen LogP contribution in [0.3, 0.4) is 0 Å². The minimum atomic E-state index is -0.439. The van der Waals surface area contributed by atoms with E-state index in [0.29, 0.717) is 25.4 Å². The Hall–Kier alpha value is -2.18. The second-order valence-electron chi connectivity index (χ2n) is 4.55. The van der Waals surface area contributed by atoms with Gasteiger partial charge < -0.3 is 15.0 Å². The molecule has 0 aromatic carbocycles. The fourth-order valence-corrected chi connectivity index (χ4v) is 2.19. The summed E-state index contributed by atoms with van der Waals surface area (Å²) >= 11 is 0. The third kappa shape index (κ3) is 3.66. The lowest BCUT2D eigenvalue weighted by molar-refractivity contribution is 0.0680. The Balaban J connectivity index is 1.93. The van der Waals surface area contributed by atoms with E-state index in [2.05, 4.69) is 15.3 Å². The monoisotopic (exact) mass is 278 g/mol. The van der Waals surface area contributed by atoms with Crippen molar-refractivity contribution in [2.45, 2.75) is 25.8 Å². The van der Waals surface area contributed by atoms with Gasteiger partial charge in [-0.1, -0.05) is 0 Å².